The van der Waals surface area contributed by atoms with Gasteiger partial charge in [-0.2, -0.15) is 0 Å². The molecule has 4 aromatic rings. The largest absolute Gasteiger partial charge is 0.494 e. The Morgan fingerprint density at radius 3 is 1.84 bits per heavy atom. The summed E-state index contributed by atoms with van der Waals surface area (Å²) in [6, 6.07) is 32.0. The number of benzene rings is 4. The lowest BCUT2D eigenvalue weighted by molar-refractivity contribution is -0.137. The zero-order valence-electron chi connectivity index (χ0n) is 24.7. The Bertz CT molecular complexity index is 1540. The van der Waals surface area contributed by atoms with Crippen molar-refractivity contribution in [3.05, 3.63) is 125 Å². The lowest BCUT2D eigenvalue weighted by atomic mass is 9.93. The van der Waals surface area contributed by atoms with Crippen molar-refractivity contribution in [1.29, 1.82) is 0 Å². The first-order chi connectivity index (χ1) is 20.9. The molecule has 1 N–H and O–H groups in total. The standard InChI is InChI=1S/C36H38N2O5/c1-3-37(26-27-14-6-5-7-15-27)35(41)31-19-11-9-17-29(31)30-18-10-12-20-32(30)36(42)38(25-23-34(39)40)24-22-28-16-8-13-21-33(28)43-4-2/h5-21H,3-4,22-26H2,1-2H3,(H,39,40). The molecule has 0 aromatic heterocycles. The third-order valence-electron chi connectivity index (χ3n) is 7.30. The molecule has 0 aliphatic heterocycles. The van der Waals surface area contributed by atoms with E-state index in [4.69, 9.17) is 4.74 Å². The summed E-state index contributed by atoms with van der Waals surface area (Å²) in [5.41, 5.74) is 4.18. The van der Waals surface area contributed by atoms with E-state index >= 15 is 0 Å². The molecule has 0 fully saturated rings. The fourth-order valence-electron chi connectivity index (χ4n) is 5.09. The number of ether oxygens (including phenoxy) is 1. The van der Waals surface area contributed by atoms with Crippen molar-refractivity contribution in [3.63, 3.8) is 0 Å². The second-order valence-corrected chi connectivity index (χ2v) is 10.1. The molecule has 4 rings (SSSR count). The first-order valence-electron chi connectivity index (χ1n) is 14.7. The van der Waals surface area contributed by atoms with E-state index in [0.29, 0.717) is 54.9 Å². The molecule has 0 saturated heterocycles. The smallest absolute Gasteiger partial charge is 0.305 e. The molecule has 7 nitrogen and oxygen atoms in total. The Labute approximate surface area is 253 Å². The summed E-state index contributed by atoms with van der Waals surface area (Å²) < 4.78 is 5.76. The van der Waals surface area contributed by atoms with E-state index in [1.165, 1.54) is 0 Å². The maximum absolute atomic E-state index is 14.1. The molecule has 2 amide bonds. The van der Waals surface area contributed by atoms with Crippen molar-refractivity contribution < 1.29 is 24.2 Å². The van der Waals surface area contributed by atoms with E-state index in [0.717, 1.165) is 16.9 Å². The van der Waals surface area contributed by atoms with Crippen LogP contribution in [0.2, 0.25) is 0 Å². The van der Waals surface area contributed by atoms with Crippen molar-refractivity contribution in [2.24, 2.45) is 0 Å². The summed E-state index contributed by atoms with van der Waals surface area (Å²) >= 11 is 0. The van der Waals surface area contributed by atoms with E-state index in [9.17, 15) is 19.5 Å². The van der Waals surface area contributed by atoms with E-state index < -0.39 is 5.97 Å². The number of nitrogens with zero attached hydrogens (tertiary/aromatic N) is 2. The molecule has 0 heterocycles. The number of carboxylic acids is 1. The van der Waals surface area contributed by atoms with Gasteiger partial charge >= 0.3 is 5.97 Å². The van der Waals surface area contributed by atoms with Gasteiger partial charge in [-0.15, -0.1) is 0 Å². The minimum Gasteiger partial charge on any atom is -0.494 e. The van der Waals surface area contributed by atoms with Crippen molar-refractivity contribution in [3.8, 4) is 16.9 Å². The average Bonchev–Trinajstić information content (AvgIpc) is 3.04. The van der Waals surface area contributed by atoms with E-state index in [1.807, 2.05) is 98.8 Å². The number of rotatable bonds is 14. The summed E-state index contributed by atoms with van der Waals surface area (Å²) in [4.78, 5) is 42.8. The second kappa shape index (κ2) is 15.4. The van der Waals surface area contributed by atoms with Gasteiger partial charge < -0.3 is 19.6 Å². The van der Waals surface area contributed by atoms with Gasteiger partial charge in [0, 0.05) is 37.3 Å². The van der Waals surface area contributed by atoms with Crippen LogP contribution in [0, 0.1) is 0 Å². The number of para-hydroxylation sites is 1. The highest BCUT2D eigenvalue weighted by Gasteiger charge is 2.24. The summed E-state index contributed by atoms with van der Waals surface area (Å²) in [5, 5.41) is 9.43. The molecule has 0 saturated carbocycles. The highest BCUT2D eigenvalue weighted by atomic mass is 16.5. The van der Waals surface area contributed by atoms with E-state index in [-0.39, 0.29) is 24.8 Å². The first-order valence-corrected chi connectivity index (χ1v) is 14.7. The van der Waals surface area contributed by atoms with Crippen LogP contribution in [0.25, 0.3) is 11.1 Å². The highest BCUT2D eigenvalue weighted by molar-refractivity contribution is 6.06. The fraction of sp³-hybridized carbons (Fsp3) is 0.250. The maximum Gasteiger partial charge on any atom is 0.305 e. The maximum atomic E-state index is 14.1. The van der Waals surface area contributed by atoms with Crippen LogP contribution < -0.4 is 4.74 Å². The van der Waals surface area contributed by atoms with Crippen molar-refractivity contribution in [1.82, 2.24) is 9.80 Å². The Balaban J connectivity index is 1.66. The van der Waals surface area contributed by atoms with Gasteiger partial charge in [0.05, 0.1) is 13.0 Å². The second-order valence-electron chi connectivity index (χ2n) is 10.1. The Kier molecular flexibility index (Phi) is 11.1. The molecule has 43 heavy (non-hydrogen) atoms. The SMILES string of the molecule is CCOc1ccccc1CCN(CCC(=O)O)C(=O)c1ccccc1-c1ccccc1C(=O)N(CC)Cc1ccccc1. The lowest BCUT2D eigenvalue weighted by Gasteiger charge is -2.25. The molecular weight excluding hydrogens is 540 g/mol. The topological polar surface area (TPSA) is 87.1 Å². The predicted molar refractivity (Wildman–Crippen MR) is 168 cm³/mol. The third kappa shape index (κ3) is 8.10. The molecule has 0 atom stereocenters. The van der Waals surface area contributed by atoms with Crippen molar-refractivity contribution >= 4 is 17.8 Å². The fourth-order valence-corrected chi connectivity index (χ4v) is 5.09. The van der Waals surface area contributed by atoms with Crippen LogP contribution in [0.4, 0.5) is 0 Å². The van der Waals surface area contributed by atoms with Crippen molar-refractivity contribution in [2.45, 2.75) is 33.2 Å². The molecule has 0 aliphatic rings. The number of aliphatic carboxylic acids is 1. The van der Waals surface area contributed by atoms with Gasteiger partial charge in [-0.25, -0.2) is 0 Å². The summed E-state index contributed by atoms with van der Waals surface area (Å²) in [7, 11) is 0. The minimum atomic E-state index is -0.977. The average molecular weight is 579 g/mol. The zero-order valence-corrected chi connectivity index (χ0v) is 24.7. The van der Waals surface area contributed by atoms with Gasteiger partial charge in [-0.1, -0.05) is 84.9 Å². The predicted octanol–water partition coefficient (Wildman–Crippen LogP) is 6.57. The van der Waals surface area contributed by atoms with Crippen molar-refractivity contribution in [2.75, 3.05) is 26.2 Å². The molecule has 0 unspecified atom stereocenters. The Morgan fingerprint density at radius 2 is 1.23 bits per heavy atom. The third-order valence-corrected chi connectivity index (χ3v) is 7.30. The molecule has 4 aromatic carbocycles. The van der Waals surface area contributed by atoms with Gasteiger partial charge in [-0.05, 0) is 60.7 Å². The van der Waals surface area contributed by atoms with Gasteiger partial charge in [-0.3, -0.25) is 14.4 Å². The first kappa shape index (κ1) is 31.0. The number of carbonyl (C=O) groups excluding carboxylic acids is 2. The van der Waals surface area contributed by atoms with Gasteiger partial charge in [0.25, 0.3) is 11.8 Å². The van der Waals surface area contributed by atoms with Crippen LogP contribution in [-0.4, -0.2) is 58.9 Å². The monoisotopic (exact) mass is 578 g/mol. The Morgan fingerprint density at radius 1 is 0.674 bits per heavy atom. The van der Waals surface area contributed by atoms with Gasteiger partial charge in [0.2, 0.25) is 0 Å². The van der Waals surface area contributed by atoms with Gasteiger partial charge in [0.15, 0.2) is 0 Å². The van der Waals surface area contributed by atoms with Crippen LogP contribution in [-0.2, 0) is 17.8 Å². The van der Waals surface area contributed by atoms with Crippen LogP contribution in [0.15, 0.2) is 103 Å². The molecular formula is C36H38N2O5. The summed E-state index contributed by atoms with van der Waals surface area (Å²) in [6.07, 6.45) is 0.324. The zero-order chi connectivity index (χ0) is 30.6. The minimum absolute atomic E-state index is 0.0561. The van der Waals surface area contributed by atoms with E-state index in [1.54, 1.807) is 28.0 Å². The molecule has 0 aliphatic carbocycles. The number of carboxylic acid groups (broad SMARTS) is 1. The Hall–Kier alpha value is -4.91. The molecule has 0 spiro atoms. The number of amides is 2. The van der Waals surface area contributed by atoms with E-state index in [2.05, 4.69) is 0 Å². The van der Waals surface area contributed by atoms with Crippen LogP contribution in [0.1, 0.15) is 52.1 Å². The molecule has 222 valence electrons. The van der Waals surface area contributed by atoms with Crippen LogP contribution in [0.3, 0.4) is 0 Å². The summed E-state index contributed by atoms with van der Waals surface area (Å²) in [5.74, 6) is -0.640. The number of hydrogen-bond acceptors (Lipinski definition) is 4. The highest BCUT2D eigenvalue weighted by Crippen LogP contribution is 2.30. The molecule has 0 bridgehead atoms. The lowest BCUT2D eigenvalue weighted by Crippen LogP contribution is -2.35. The molecule has 0 radical (unpaired) electrons. The number of carbonyl (C=O) groups is 3. The summed E-state index contributed by atoms with van der Waals surface area (Å²) in [6.45, 7) is 5.74. The number of hydrogen-bond donors (Lipinski definition) is 1. The molecule has 7 heteroatoms. The quantitative estimate of drug-likeness (QED) is 0.183. The van der Waals surface area contributed by atoms with Crippen LogP contribution >= 0.6 is 0 Å². The van der Waals surface area contributed by atoms with Crippen LogP contribution in [0.5, 0.6) is 5.75 Å². The normalized spacial score (nSPS) is 10.7. The van der Waals surface area contributed by atoms with Gasteiger partial charge in [0.1, 0.15) is 5.75 Å².